The van der Waals surface area contributed by atoms with Gasteiger partial charge in [-0.3, -0.25) is 14.1 Å². The van der Waals surface area contributed by atoms with Crippen LogP contribution in [0.15, 0.2) is 42.5 Å². The fourth-order valence-electron chi connectivity index (χ4n) is 4.03. The first kappa shape index (κ1) is 20.0. The topological polar surface area (TPSA) is 118 Å². The van der Waals surface area contributed by atoms with E-state index in [4.69, 9.17) is 0 Å². The third-order valence-electron chi connectivity index (χ3n) is 5.44. The predicted molar refractivity (Wildman–Crippen MR) is 113 cm³/mol. The van der Waals surface area contributed by atoms with Gasteiger partial charge in [0.1, 0.15) is 0 Å². The number of fused-ring (bicyclic) bond motifs is 1. The van der Waals surface area contributed by atoms with E-state index in [0.29, 0.717) is 35.6 Å². The van der Waals surface area contributed by atoms with Crippen molar-refractivity contribution in [2.24, 2.45) is 0 Å². The maximum absolute atomic E-state index is 12.1. The Bertz CT molecular complexity index is 1120. The average molecular weight is 431 g/mol. The minimum atomic E-state index is -3.27. The van der Waals surface area contributed by atoms with Crippen molar-refractivity contribution in [3.05, 3.63) is 42.5 Å². The van der Waals surface area contributed by atoms with Gasteiger partial charge in [-0.1, -0.05) is 18.2 Å². The second kappa shape index (κ2) is 7.21. The number of anilines is 3. The van der Waals surface area contributed by atoms with Gasteiger partial charge in [0.05, 0.1) is 35.4 Å². The molecule has 0 aromatic heterocycles. The van der Waals surface area contributed by atoms with Gasteiger partial charge in [-0.15, -0.1) is 0 Å². The summed E-state index contributed by atoms with van der Waals surface area (Å²) in [7, 11) is -3.27. The number of hydrogen-bond acceptors (Lipinski definition) is 4. The Labute approximate surface area is 173 Å². The second-order valence-corrected chi connectivity index (χ2v) is 9.40. The Morgan fingerprint density at radius 3 is 2.20 bits per heavy atom. The van der Waals surface area contributed by atoms with Gasteiger partial charge in [0, 0.05) is 6.54 Å². The lowest BCUT2D eigenvalue weighted by Gasteiger charge is -2.38. The zero-order chi connectivity index (χ0) is 21.6. The van der Waals surface area contributed by atoms with Crippen LogP contribution in [-0.4, -0.2) is 55.7 Å². The van der Waals surface area contributed by atoms with Crippen molar-refractivity contribution >= 4 is 39.3 Å². The fraction of sp³-hybridized carbons (Fsp3) is 0.300. The number of carboxylic acid groups (broad SMARTS) is 2. The molecule has 2 aromatic carbocycles. The summed E-state index contributed by atoms with van der Waals surface area (Å²) in [5.74, 6) is 0.142. The van der Waals surface area contributed by atoms with E-state index in [9.17, 15) is 28.2 Å². The number of carbonyl (C=O) groups is 2. The van der Waals surface area contributed by atoms with Crippen LogP contribution in [0.25, 0.3) is 11.1 Å². The quantitative estimate of drug-likeness (QED) is 0.753. The zero-order valence-corrected chi connectivity index (χ0v) is 17.0. The first-order valence-electron chi connectivity index (χ1n) is 9.46. The minimum Gasteiger partial charge on any atom is -0.465 e. The van der Waals surface area contributed by atoms with Crippen LogP contribution in [0.4, 0.5) is 26.7 Å². The van der Waals surface area contributed by atoms with Gasteiger partial charge in [0.15, 0.2) is 0 Å². The highest BCUT2D eigenvalue weighted by atomic mass is 32.2. The normalized spacial score (nSPS) is 20.2. The smallest absolute Gasteiger partial charge is 0.412 e. The summed E-state index contributed by atoms with van der Waals surface area (Å²) < 4.78 is 25.6. The molecule has 158 valence electrons. The van der Waals surface area contributed by atoms with Crippen molar-refractivity contribution in [2.45, 2.75) is 19.4 Å². The summed E-state index contributed by atoms with van der Waals surface area (Å²) in [4.78, 5) is 25.7. The maximum atomic E-state index is 12.1. The van der Waals surface area contributed by atoms with E-state index in [0.717, 1.165) is 10.5 Å². The van der Waals surface area contributed by atoms with Gasteiger partial charge in [-0.2, -0.15) is 0 Å². The number of rotatable bonds is 2. The van der Waals surface area contributed by atoms with Crippen molar-refractivity contribution in [3.63, 3.8) is 0 Å². The van der Waals surface area contributed by atoms with Gasteiger partial charge >= 0.3 is 12.2 Å². The Hall–Kier alpha value is -3.27. The lowest BCUT2D eigenvalue weighted by Crippen LogP contribution is -2.51. The van der Waals surface area contributed by atoms with Crippen LogP contribution in [0.3, 0.4) is 0 Å². The van der Waals surface area contributed by atoms with Crippen molar-refractivity contribution in [1.82, 2.24) is 0 Å². The lowest BCUT2D eigenvalue weighted by molar-refractivity contribution is 0.194. The van der Waals surface area contributed by atoms with E-state index in [1.54, 1.807) is 49.4 Å². The first-order chi connectivity index (χ1) is 14.2. The van der Waals surface area contributed by atoms with Gasteiger partial charge in [-0.05, 0) is 48.7 Å². The molecule has 2 amide bonds. The van der Waals surface area contributed by atoms with Crippen molar-refractivity contribution in [2.75, 3.05) is 32.9 Å². The summed E-state index contributed by atoms with van der Waals surface area (Å²) in [6.07, 6.45) is -1.70. The molecule has 30 heavy (non-hydrogen) atoms. The predicted octanol–water partition coefficient (Wildman–Crippen LogP) is 3.26. The molecule has 1 atom stereocenters. The highest BCUT2D eigenvalue weighted by Crippen LogP contribution is 2.39. The molecule has 2 heterocycles. The molecular formula is C20H21N3O6S. The minimum absolute atomic E-state index is 0.0316. The van der Waals surface area contributed by atoms with Crippen LogP contribution in [-0.2, 0) is 10.0 Å². The lowest BCUT2D eigenvalue weighted by atomic mass is 10.0. The molecule has 4 rings (SSSR count). The van der Waals surface area contributed by atoms with Crippen LogP contribution in [0, 0.1) is 0 Å². The van der Waals surface area contributed by atoms with Crippen LogP contribution < -0.4 is 14.1 Å². The number of hydrogen-bond donors (Lipinski definition) is 2. The summed E-state index contributed by atoms with van der Waals surface area (Å²) in [5, 5.41) is 19.1. The van der Waals surface area contributed by atoms with Gasteiger partial charge in [0.25, 0.3) is 0 Å². The van der Waals surface area contributed by atoms with Crippen LogP contribution in [0.2, 0.25) is 0 Å². The van der Waals surface area contributed by atoms with E-state index < -0.39 is 28.3 Å². The van der Waals surface area contributed by atoms with E-state index in [1.165, 1.54) is 9.21 Å². The van der Waals surface area contributed by atoms with Crippen LogP contribution in [0.1, 0.15) is 13.3 Å². The SMILES string of the molecule is C[C@H]1CN(C(=O)O)c2cc(-c3ccc(N4CCCS4(=O)=O)cc3)ccc2N1C(=O)O. The Kier molecular flexibility index (Phi) is 4.81. The molecule has 2 aromatic rings. The van der Waals surface area contributed by atoms with E-state index in [-0.39, 0.29) is 12.3 Å². The average Bonchev–Trinajstić information content (AvgIpc) is 3.05. The van der Waals surface area contributed by atoms with Crippen molar-refractivity contribution < 1.29 is 28.2 Å². The highest BCUT2D eigenvalue weighted by molar-refractivity contribution is 7.93. The zero-order valence-electron chi connectivity index (χ0n) is 16.2. The molecule has 0 aliphatic carbocycles. The second-order valence-electron chi connectivity index (χ2n) is 7.39. The van der Waals surface area contributed by atoms with Crippen molar-refractivity contribution in [3.8, 4) is 11.1 Å². The Morgan fingerprint density at radius 1 is 0.967 bits per heavy atom. The Morgan fingerprint density at radius 2 is 1.63 bits per heavy atom. The summed E-state index contributed by atoms with van der Waals surface area (Å²) in [6.45, 7) is 2.15. The monoisotopic (exact) mass is 431 g/mol. The molecular weight excluding hydrogens is 410 g/mol. The molecule has 9 nitrogen and oxygen atoms in total. The molecule has 2 aliphatic rings. The fourth-order valence-corrected chi connectivity index (χ4v) is 5.59. The molecule has 2 aliphatic heterocycles. The first-order valence-corrected chi connectivity index (χ1v) is 11.1. The van der Waals surface area contributed by atoms with Crippen LogP contribution in [0.5, 0.6) is 0 Å². The maximum Gasteiger partial charge on any atom is 0.412 e. The summed E-state index contributed by atoms with van der Waals surface area (Å²) in [6, 6.07) is 11.5. The van der Waals surface area contributed by atoms with Crippen LogP contribution >= 0.6 is 0 Å². The molecule has 1 saturated heterocycles. The highest BCUT2D eigenvalue weighted by Gasteiger charge is 2.35. The summed E-state index contributed by atoms with van der Waals surface area (Å²) in [5.41, 5.74) is 2.67. The molecule has 0 saturated carbocycles. The molecule has 2 N–H and O–H groups in total. The number of benzene rings is 2. The molecule has 10 heteroatoms. The molecule has 0 bridgehead atoms. The molecule has 0 radical (unpaired) electrons. The molecule has 0 unspecified atom stereocenters. The van der Waals surface area contributed by atoms with Gasteiger partial charge in [-0.25, -0.2) is 18.0 Å². The largest absolute Gasteiger partial charge is 0.465 e. The van der Waals surface area contributed by atoms with E-state index in [1.807, 2.05) is 0 Å². The number of sulfonamides is 1. The molecule has 1 fully saturated rings. The van der Waals surface area contributed by atoms with Gasteiger partial charge < -0.3 is 10.2 Å². The number of nitrogens with zero attached hydrogens (tertiary/aromatic N) is 3. The Balaban J connectivity index is 1.72. The van der Waals surface area contributed by atoms with E-state index >= 15 is 0 Å². The van der Waals surface area contributed by atoms with E-state index in [2.05, 4.69) is 0 Å². The third-order valence-corrected chi connectivity index (χ3v) is 7.31. The summed E-state index contributed by atoms with van der Waals surface area (Å²) >= 11 is 0. The number of amides is 2. The third kappa shape index (κ3) is 3.32. The van der Waals surface area contributed by atoms with Gasteiger partial charge in [0.2, 0.25) is 10.0 Å². The van der Waals surface area contributed by atoms with Crippen molar-refractivity contribution in [1.29, 1.82) is 0 Å². The standard InChI is InChI=1S/C20H21N3O6S/c1-13-12-21(19(24)25)18-11-15(5-8-17(18)23(13)20(26)27)14-3-6-16(7-4-14)22-9-2-10-30(22,28)29/h3-8,11,13H,2,9-10,12H2,1H3,(H,24,25)(H,26,27)/t13-/m0/s1. The molecule has 0 spiro atoms.